The number of hydrogen-bond acceptors (Lipinski definition) is 6. The number of halogens is 1. The van der Waals surface area contributed by atoms with Gasteiger partial charge in [-0.15, -0.1) is 0 Å². The van der Waals surface area contributed by atoms with Crippen molar-refractivity contribution in [1.82, 2.24) is 5.32 Å². The summed E-state index contributed by atoms with van der Waals surface area (Å²) in [6.07, 6.45) is 0.953. The van der Waals surface area contributed by atoms with Crippen LogP contribution in [0.4, 0.5) is 0 Å². The van der Waals surface area contributed by atoms with Crippen molar-refractivity contribution in [2.24, 2.45) is 5.92 Å². The van der Waals surface area contributed by atoms with Crippen LogP contribution < -0.4 is 14.8 Å². The van der Waals surface area contributed by atoms with Crippen LogP contribution in [0.2, 0.25) is 0 Å². The summed E-state index contributed by atoms with van der Waals surface area (Å²) in [5.74, 6) is -0.325. The Bertz CT molecular complexity index is 1160. The van der Waals surface area contributed by atoms with Crippen LogP contribution in [0.1, 0.15) is 35.8 Å². The number of methoxy groups -OCH3 is 3. The Morgan fingerprint density at radius 3 is 2.45 bits per heavy atom. The zero-order chi connectivity index (χ0) is 23.7. The minimum atomic E-state index is -0.690. The van der Waals surface area contributed by atoms with Gasteiger partial charge in [0.2, 0.25) is 0 Å². The molecule has 0 fully saturated rings. The maximum Gasteiger partial charge on any atom is 0.315 e. The molecule has 6 nitrogen and oxygen atoms in total. The first kappa shape index (κ1) is 23.1. The largest absolute Gasteiger partial charge is 0.493 e. The standard InChI is InChI=1S/C26H26BrNO5/c1-14-23(26(30)33-4)24(16-6-5-7-18(27)10-16)25-19(28-14)11-17(12-20(25)29)15-8-9-21(31-2)22(13-15)32-3/h5-10,13,17,23-24,28H,1,11-12H2,2-4H3. The molecule has 3 atom stereocenters. The Morgan fingerprint density at radius 1 is 1.03 bits per heavy atom. The highest BCUT2D eigenvalue weighted by molar-refractivity contribution is 9.10. The van der Waals surface area contributed by atoms with Gasteiger partial charge in [0, 0.05) is 33.8 Å². The maximum atomic E-state index is 13.6. The van der Waals surface area contributed by atoms with Crippen molar-refractivity contribution in [3.8, 4) is 11.5 Å². The van der Waals surface area contributed by atoms with Crippen molar-refractivity contribution in [2.75, 3.05) is 21.3 Å². The Hall–Kier alpha value is -3.06. The van der Waals surface area contributed by atoms with Crippen molar-refractivity contribution in [1.29, 1.82) is 0 Å². The first-order valence-corrected chi connectivity index (χ1v) is 11.4. The molecule has 3 unspecified atom stereocenters. The molecule has 2 aliphatic rings. The first-order chi connectivity index (χ1) is 15.9. The van der Waals surface area contributed by atoms with Gasteiger partial charge in [-0.2, -0.15) is 0 Å². The quantitative estimate of drug-likeness (QED) is 0.578. The lowest BCUT2D eigenvalue weighted by Gasteiger charge is -2.40. The van der Waals surface area contributed by atoms with Gasteiger partial charge in [0.1, 0.15) is 5.92 Å². The molecule has 1 heterocycles. The predicted octanol–water partition coefficient (Wildman–Crippen LogP) is 4.86. The number of carbonyl (C=O) groups excluding carboxylic acids is 2. The molecule has 2 aromatic carbocycles. The van der Waals surface area contributed by atoms with Gasteiger partial charge in [0.15, 0.2) is 17.3 Å². The third kappa shape index (κ3) is 4.29. The van der Waals surface area contributed by atoms with Gasteiger partial charge >= 0.3 is 5.97 Å². The van der Waals surface area contributed by atoms with Crippen LogP contribution in [-0.2, 0) is 14.3 Å². The Labute approximate surface area is 201 Å². The average molecular weight is 512 g/mol. The summed E-state index contributed by atoms with van der Waals surface area (Å²) in [6, 6.07) is 13.4. The predicted molar refractivity (Wildman–Crippen MR) is 128 cm³/mol. The fraction of sp³-hybridized carbons (Fsp3) is 0.308. The summed E-state index contributed by atoms with van der Waals surface area (Å²) in [5, 5.41) is 3.28. The molecule has 1 aliphatic carbocycles. The molecule has 172 valence electrons. The molecule has 0 radical (unpaired) electrons. The summed E-state index contributed by atoms with van der Waals surface area (Å²) < 4.78 is 16.8. The highest BCUT2D eigenvalue weighted by Crippen LogP contribution is 2.48. The smallest absolute Gasteiger partial charge is 0.315 e. The number of hydrogen-bond donors (Lipinski definition) is 1. The molecule has 0 spiro atoms. The van der Waals surface area contributed by atoms with Gasteiger partial charge in [-0.3, -0.25) is 9.59 Å². The van der Waals surface area contributed by atoms with E-state index in [1.165, 1.54) is 7.11 Å². The second kappa shape index (κ2) is 9.43. The van der Waals surface area contributed by atoms with Gasteiger partial charge in [0.05, 0.1) is 21.3 Å². The van der Waals surface area contributed by atoms with E-state index in [0.29, 0.717) is 35.6 Å². The second-order valence-electron chi connectivity index (χ2n) is 8.22. The number of ketones is 1. The van der Waals surface area contributed by atoms with Crippen LogP contribution in [0.5, 0.6) is 11.5 Å². The molecule has 1 N–H and O–H groups in total. The molecule has 7 heteroatoms. The van der Waals surface area contributed by atoms with E-state index in [4.69, 9.17) is 14.2 Å². The normalized spacial score (nSPS) is 22.4. The topological polar surface area (TPSA) is 73.9 Å². The van der Waals surface area contributed by atoms with Crippen molar-refractivity contribution < 1.29 is 23.8 Å². The van der Waals surface area contributed by atoms with E-state index < -0.39 is 17.8 Å². The zero-order valence-corrected chi connectivity index (χ0v) is 20.4. The van der Waals surface area contributed by atoms with Gasteiger partial charge in [-0.1, -0.05) is 40.7 Å². The Morgan fingerprint density at radius 2 is 1.79 bits per heavy atom. The van der Waals surface area contributed by atoms with E-state index in [2.05, 4.69) is 27.8 Å². The fourth-order valence-corrected chi connectivity index (χ4v) is 5.27. The van der Waals surface area contributed by atoms with Crippen molar-refractivity contribution >= 4 is 27.7 Å². The number of rotatable bonds is 5. The molecule has 0 saturated heterocycles. The van der Waals surface area contributed by atoms with Crippen molar-refractivity contribution in [3.63, 3.8) is 0 Å². The van der Waals surface area contributed by atoms with E-state index in [9.17, 15) is 9.59 Å². The van der Waals surface area contributed by atoms with Crippen molar-refractivity contribution in [2.45, 2.75) is 24.7 Å². The molecule has 0 aromatic heterocycles. The average Bonchev–Trinajstić information content (AvgIpc) is 2.82. The van der Waals surface area contributed by atoms with Gasteiger partial charge < -0.3 is 19.5 Å². The number of Topliss-reactive ketones (excluding diaryl/α,β-unsaturated/α-hetero) is 1. The van der Waals surface area contributed by atoms with Crippen LogP contribution in [0.3, 0.4) is 0 Å². The molecule has 33 heavy (non-hydrogen) atoms. The minimum absolute atomic E-state index is 0.00918. The number of esters is 1. The zero-order valence-electron chi connectivity index (χ0n) is 18.8. The summed E-state index contributed by atoms with van der Waals surface area (Å²) in [7, 11) is 4.54. The molecule has 2 aromatic rings. The van der Waals surface area contributed by atoms with Gasteiger partial charge in [-0.25, -0.2) is 0 Å². The highest BCUT2D eigenvalue weighted by atomic mass is 79.9. The second-order valence-corrected chi connectivity index (χ2v) is 9.13. The van der Waals surface area contributed by atoms with E-state index in [1.54, 1.807) is 14.2 Å². The summed E-state index contributed by atoms with van der Waals surface area (Å²) in [5.41, 5.74) is 3.84. The summed E-state index contributed by atoms with van der Waals surface area (Å²) in [4.78, 5) is 26.3. The fourth-order valence-electron chi connectivity index (χ4n) is 4.86. The lowest BCUT2D eigenvalue weighted by atomic mass is 9.69. The lowest BCUT2D eigenvalue weighted by Crippen LogP contribution is -2.42. The molecular weight excluding hydrogens is 486 g/mol. The van der Waals surface area contributed by atoms with E-state index in [-0.39, 0.29) is 11.7 Å². The molecule has 4 rings (SSSR count). The van der Waals surface area contributed by atoms with Crippen LogP contribution in [-0.4, -0.2) is 33.1 Å². The summed E-state index contributed by atoms with van der Waals surface area (Å²) in [6.45, 7) is 4.12. The minimum Gasteiger partial charge on any atom is -0.493 e. The third-order valence-corrected chi connectivity index (χ3v) is 6.87. The van der Waals surface area contributed by atoms with Crippen LogP contribution in [0, 0.1) is 5.92 Å². The lowest BCUT2D eigenvalue weighted by molar-refractivity contribution is -0.144. The number of carbonyl (C=O) groups is 2. The molecule has 0 bridgehead atoms. The summed E-state index contributed by atoms with van der Waals surface area (Å²) >= 11 is 3.51. The SMILES string of the molecule is C=C1NC2=C(C(=O)CC(c3ccc(OC)c(OC)c3)C2)C(c2cccc(Br)c2)C1C(=O)OC. The van der Waals surface area contributed by atoms with Gasteiger partial charge in [-0.05, 0) is 47.7 Å². The van der Waals surface area contributed by atoms with Crippen LogP contribution in [0.25, 0.3) is 0 Å². The number of benzene rings is 2. The van der Waals surface area contributed by atoms with Crippen molar-refractivity contribution in [3.05, 3.63) is 81.6 Å². The van der Waals surface area contributed by atoms with E-state index >= 15 is 0 Å². The molecular formula is C26H26BrNO5. The molecule has 0 amide bonds. The van der Waals surface area contributed by atoms with E-state index in [0.717, 1.165) is 21.3 Å². The van der Waals surface area contributed by atoms with Gasteiger partial charge in [0.25, 0.3) is 0 Å². The van der Waals surface area contributed by atoms with E-state index in [1.807, 2.05) is 42.5 Å². The monoisotopic (exact) mass is 511 g/mol. The van der Waals surface area contributed by atoms with Crippen LogP contribution >= 0.6 is 15.9 Å². The Kier molecular flexibility index (Phi) is 6.61. The third-order valence-electron chi connectivity index (χ3n) is 6.38. The Balaban J connectivity index is 1.78. The number of nitrogens with one attached hydrogen (secondary N) is 1. The molecule has 0 saturated carbocycles. The van der Waals surface area contributed by atoms with Crippen LogP contribution in [0.15, 0.2) is 70.5 Å². The highest BCUT2D eigenvalue weighted by Gasteiger charge is 2.45. The first-order valence-electron chi connectivity index (χ1n) is 10.6. The number of allylic oxidation sites excluding steroid dienone is 2. The maximum absolute atomic E-state index is 13.6. The molecule has 1 aliphatic heterocycles. The number of ether oxygens (including phenoxy) is 3.